The maximum atomic E-state index is 12.1. The second-order valence-electron chi connectivity index (χ2n) is 5.49. The summed E-state index contributed by atoms with van der Waals surface area (Å²) in [6, 6.07) is 7.12. The Balaban J connectivity index is 2.07. The van der Waals surface area contributed by atoms with Crippen LogP contribution >= 0.6 is 0 Å². The van der Waals surface area contributed by atoms with Crippen LogP contribution in [0.15, 0.2) is 45.9 Å². The van der Waals surface area contributed by atoms with E-state index in [4.69, 9.17) is 9.15 Å². The number of oxazole rings is 1. The van der Waals surface area contributed by atoms with Crippen molar-refractivity contribution in [1.82, 2.24) is 9.55 Å². The molecule has 0 saturated carbocycles. The lowest BCUT2D eigenvalue weighted by Gasteiger charge is -2.11. The van der Waals surface area contributed by atoms with Gasteiger partial charge >= 0.3 is 0 Å². The normalized spacial score (nSPS) is 11.3. The summed E-state index contributed by atoms with van der Waals surface area (Å²) in [7, 11) is 1.57. The van der Waals surface area contributed by atoms with Gasteiger partial charge in [-0.1, -0.05) is 19.9 Å². The van der Waals surface area contributed by atoms with E-state index in [9.17, 15) is 4.79 Å². The van der Waals surface area contributed by atoms with Crippen LogP contribution in [0.1, 0.15) is 31.4 Å². The molecule has 2 aromatic heterocycles. The average molecular weight is 298 g/mol. The van der Waals surface area contributed by atoms with E-state index in [1.165, 1.54) is 0 Å². The highest BCUT2D eigenvalue weighted by Crippen LogP contribution is 2.22. The quantitative estimate of drug-likeness (QED) is 0.742. The number of aromatic nitrogens is 2. The summed E-state index contributed by atoms with van der Waals surface area (Å²) in [4.78, 5) is 16.6. The summed E-state index contributed by atoms with van der Waals surface area (Å²) in [6.07, 6.45) is 3.44. The van der Waals surface area contributed by atoms with Crippen molar-refractivity contribution in [3.63, 3.8) is 0 Å². The molecule has 0 aliphatic rings. The zero-order chi connectivity index (χ0) is 15.7. The number of hydrogen-bond acceptors (Lipinski definition) is 4. The molecule has 0 unspecified atom stereocenters. The summed E-state index contributed by atoms with van der Waals surface area (Å²) >= 11 is 0. The molecule has 0 atom stereocenters. The van der Waals surface area contributed by atoms with Gasteiger partial charge in [0, 0.05) is 18.2 Å². The van der Waals surface area contributed by atoms with Crippen molar-refractivity contribution >= 4 is 10.9 Å². The first-order chi connectivity index (χ1) is 10.6. The van der Waals surface area contributed by atoms with E-state index in [0.29, 0.717) is 17.7 Å². The molecule has 22 heavy (non-hydrogen) atoms. The van der Waals surface area contributed by atoms with Crippen LogP contribution in [-0.4, -0.2) is 16.7 Å². The second kappa shape index (κ2) is 5.67. The van der Waals surface area contributed by atoms with Gasteiger partial charge in [0.1, 0.15) is 12.0 Å². The molecule has 5 heteroatoms. The van der Waals surface area contributed by atoms with Gasteiger partial charge in [-0.25, -0.2) is 4.98 Å². The highest BCUT2D eigenvalue weighted by Gasteiger charge is 2.11. The first-order valence-corrected chi connectivity index (χ1v) is 7.20. The molecular formula is C17H18N2O3. The Morgan fingerprint density at radius 2 is 2.14 bits per heavy atom. The Labute approximate surface area is 128 Å². The van der Waals surface area contributed by atoms with Gasteiger partial charge in [0.25, 0.3) is 0 Å². The van der Waals surface area contributed by atoms with Crippen LogP contribution in [0, 0.1) is 0 Å². The third-order valence-corrected chi connectivity index (χ3v) is 3.58. The van der Waals surface area contributed by atoms with Crippen molar-refractivity contribution in [3.8, 4) is 5.75 Å². The lowest BCUT2D eigenvalue weighted by molar-refractivity contribution is 0.419. The fraction of sp³-hybridized carbons (Fsp3) is 0.294. The SMILES string of the molecule is COc1cccc2c1c(=O)ccn2Cc1coc(C(C)C)n1. The fourth-order valence-electron chi connectivity index (χ4n) is 2.47. The second-order valence-corrected chi connectivity index (χ2v) is 5.49. The van der Waals surface area contributed by atoms with Crippen LogP contribution in [0.4, 0.5) is 0 Å². The van der Waals surface area contributed by atoms with Gasteiger partial charge < -0.3 is 13.7 Å². The molecule has 2 heterocycles. The van der Waals surface area contributed by atoms with Gasteiger partial charge in [-0.3, -0.25) is 4.79 Å². The minimum Gasteiger partial charge on any atom is -0.496 e. The van der Waals surface area contributed by atoms with E-state index >= 15 is 0 Å². The first-order valence-electron chi connectivity index (χ1n) is 7.20. The lowest BCUT2D eigenvalue weighted by Crippen LogP contribution is -2.10. The highest BCUT2D eigenvalue weighted by atomic mass is 16.5. The number of nitrogens with zero attached hydrogens (tertiary/aromatic N) is 2. The molecule has 3 aromatic rings. The molecule has 0 saturated heterocycles. The van der Waals surface area contributed by atoms with Gasteiger partial charge in [-0.05, 0) is 12.1 Å². The van der Waals surface area contributed by atoms with Gasteiger partial charge in [0.15, 0.2) is 11.3 Å². The molecule has 0 amide bonds. The summed E-state index contributed by atoms with van der Waals surface area (Å²) in [5.41, 5.74) is 1.60. The molecule has 0 aliphatic heterocycles. The number of rotatable bonds is 4. The van der Waals surface area contributed by atoms with Gasteiger partial charge in [0.05, 0.1) is 30.3 Å². The maximum Gasteiger partial charge on any atom is 0.196 e. The van der Waals surface area contributed by atoms with Crippen molar-refractivity contribution in [2.45, 2.75) is 26.3 Å². The Hall–Kier alpha value is -2.56. The molecule has 0 bridgehead atoms. The van der Waals surface area contributed by atoms with Gasteiger partial charge in [-0.2, -0.15) is 0 Å². The van der Waals surface area contributed by atoms with E-state index in [1.54, 1.807) is 31.7 Å². The fourth-order valence-corrected chi connectivity index (χ4v) is 2.47. The van der Waals surface area contributed by atoms with Crippen LogP contribution in [-0.2, 0) is 6.54 Å². The van der Waals surface area contributed by atoms with E-state index in [0.717, 1.165) is 17.1 Å². The van der Waals surface area contributed by atoms with E-state index in [1.807, 2.05) is 30.5 Å². The third-order valence-electron chi connectivity index (χ3n) is 3.58. The molecule has 114 valence electrons. The predicted molar refractivity (Wildman–Crippen MR) is 84.5 cm³/mol. The number of fused-ring (bicyclic) bond motifs is 1. The lowest BCUT2D eigenvalue weighted by atomic mass is 10.2. The average Bonchev–Trinajstić information content (AvgIpc) is 2.98. The van der Waals surface area contributed by atoms with Crippen molar-refractivity contribution in [2.24, 2.45) is 0 Å². The Kier molecular flexibility index (Phi) is 3.71. The van der Waals surface area contributed by atoms with Crippen LogP contribution in [0.25, 0.3) is 10.9 Å². The minimum atomic E-state index is -0.0493. The van der Waals surface area contributed by atoms with Gasteiger partial charge in [-0.15, -0.1) is 0 Å². The number of benzene rings is 1. The summed E-state index contributed by atoms with van der Waals surface area (Å²) in [5, 5.41) is 0.583. The molecule has 0 aliphatic carbocycles. The Morgan fingerprint density at radius 3 is 2.82 bits per heavy atom. The number of methoxy groups -OCH3 is 1. The molecule has 5 nitrogen and oxygen atoms in total. The van der Waals surface area contributed by atoms with E-state index < -0.39 is 0 Å². The molecule has 0 spiro atoms. The maximum absolute atomic E-state index is 12.1. The van der Waals surface area contributed by atoms with E-state index in [2.05, 4.69) is 4.98 Å². The van der Waals surface area contributed by atoms with Gasteiger partial charge in [0.2, 0.25) is 0 Å². The molecule has 0 fully saturated rings. The van der Waals surface area contributed by atoms with E-state index in [-0.39, 0.29) is 11.3 Å². The molecular weight excluding hydrogens is 280 g/mol. The summed E-state index contributed by atoms with van der Waals surface area (Å²) in [5.74, 6) is 1.55. The van der Waals surface area contributed by atoms with Crippen molar-refractivity contribution < 1.29 is 9.15 Å². The molecule has 0 N–H and O–H groups in total. The third kappa shape index (κ3) is 2.50. The van der Waals surface area contributed by atoms with Crippen LogP contribution in [0.2, 0.25) is 0 Å². The van der Waals surface area contributed by atoms with Crippen molar-refractivity contribution in [1.29, 1.82) is 0 Å². The largest absolute Gasteiger partial charge is 0.496 e. The minimum absolute atomic E-state index is 0.0493. The standard InChI is InChI=1S/C17H18N2O3/c1-11(2)17-18-12(10-22-17)9-19-8-7-14(20)16-13(19)5-4-6-15(16)21-3/h4-8,10-11H,9H2,1-3H3. The smallest absolute Gasteiger partial charge is 0.196 e. The van der Waals surface area contributed by atoms with Crippen LogP contribution in [0.3, 0.4) is 0 Å². The topological polar surface area (TPSA) is 57.3 Å². The zero-order valence-corrected chi connectivity index (χ0v) is 12.9. The highest BCUT2D eigenvalue weighted by molar-refractivity contribution is 5.85. The molecule has 1 aromatic carbocycles. The Morgan fingerprint density at radius 1 is 1.32 bits per heavy atom. The Bertz CT molecular complexity index is 862. The summed E-state index contributed by atoms with van der Waals surface area (Å²) in [6.45, 7) is 4.62. The van der Waals surface area contributed by atoms with Crippen LogP contribution < -0.4 is 10.2 Å². The molecule has 0 radical (unpaired) electrons. The van der Waals surface area contributed by atoms with Crippen molar-refractivity contribution in [2.75, 3.05) is 7.11 Å². The number of ether oxygens (including phenoxy) is 1. The van der Waals surface area contributed by atoms with Crippen molar-refractivity contribution in [3.05, 3.63) is 58.5 Å². The first kappa shape index (κ1) is 14.4. The zero-order valence-electron chi connectivity index (χ0n) is 12.9. The predicted octanol–water partition coefficient (Wildman–Crippen LogP) is 3.17. The number of hydrogen-bond donors (Lipinski definition) is 0. The molecule has 3 rings (SSSR count). The van der Waals surface area contributed by atoms with Crippen LogP contribution in [0.5, 0.6) is 5.75 Å². The number of pyridine rings is 1. The monoisotopic (exact) mass is 298 g/mol. The summed E-state index contributed by atoms with van der Waals surface area (Å²) < 4.78 is 12.7.